The maximum Gasteiger partial charge on any atom is 0.407 e. The number of alkyl carbamates (subject to hydrolysis) is 1. The normalized spacial score (nSPS) is 25.5. The highest BCUT2D eigenvalue weighted by atomic mass is 32.2. The lowest BCUT2D eigenvalue weighted by Crippen LogP contribution is -2.59. The predicted molar refractivity (Wildman–Crippen MR) is 162 cm³/mol. The van der Waals surface area contributed by atoms with Gasteiger partial charge in [0, 0.05) is 30.8 Å². The highest BCUT2D eigenvalue weighted by molar-refractivity contribution is 7.85. The zero-order valence-electron chi connectivity index (χ0n) is 25.3. The van der Waals surface area contributed by atoms with Crippen molar-refractivity contribution in [1.82, 2.24) is 15.5 Å². The van der Waals surface area contributed by atoms with Crippen LogP contribution in [0.4, 0.5) is 10.5 Å². The van der Waals surface area contributed by atoms with Gasteiger partial charge in [-0.25, -0.2) is 13.2 Å². The molecule has 1 aliphatic carbocycles. The number of nitrogens with zero attached hydrogens (tertiary/aromatic N) is 2. The summed E-state index contributed by atoms with van der Waals surface area (Å²) >= 11 is 0. The van der Waals surface area contributed by atoms with Crippen LogP contribution in [-0.2, 0) is 26.1 Å². The van der Waals surface area contributed by atoms with Gasteiger partial charge < -0.3 is 19.9 Å². The second-order valence-corrected chi connectivity index (χ2v) is 14.2. The molecule has 5 rings (SSSR count). The summed E-state index contributed by atoms with van der Waals surface area (Å²) in [6.45, 7) is 7.60. The molecule has 0 radical (unpaired) electrons. The number of carbonyl (C=O) groups excluding carboxylic acids is 2. The number of amides is 2. The number of likely N-dealkylation sites (tertiary alicyclic amines) is 1. The molecule has 3 fully saturated rings. The Kier molecular flexibility index (Phi) is 10.6. The standard InChI is InChI=1S/C25H37N3O3.C6H5NO5S/c1-25(2,3)27-23(29)21-14-18-11-7-8-12-19(18)15-28(21)16-22-20(26-24(30)31-22)13-17-9-5-4-6-10-17;8-7(9)5-1-3-6(4-2-5)13(10,11)12/h4-6,9-10,18-22H,7-8,11-16H2,1-3H3,(H,26,30)(H,27,29);1-4H,(H,10,11,12)/p-1/t18-,19+,20-,21-,22+;/m0./s1. The Bertz CT molecular complexity index is 1410. The Hall–Kier alpha value is -3.55. The highest BCUT2D eigenvalue weighted by Gasteiger charge is 2.44. The summed E-state index contributed by atoms with van der Waals surface area (Å²) in [7, 11) is -4.52. The number of hydrogen-bond donors (Lipinski definition) is 2. The average Bonchev–Trinajstić information content (AvgIpc) is 3.30. The SMILES string of the molecule is CC(C)(C)NC(=O)[C@@H]1C[C@@H]2CCCC[C@@H]2CN1C[C@H]1OC(=O)N[C@H]1Cc1ccccc1.O=[N+]([O-])c1ccc(S(=O)(=O)[O-])cc1. The molecule has 2 heterocycles. The van der Waals surface area contributed by atoms with E-state index < -0.39 is 19.9 Å². The Balaban J connectivity index is 0.000000285. The predicted octanol–water partition coefficient (Wildman–Crippen LogP) is 4.00. The molecule has 2 aromatic carbocycles. The van der Waals surface area contributed by atoms with Gasteiger partial charge in [0.15, 0.2) is 0 Å². The molecule has 2 N–H and O–H groups in total. The summed E-state index contributed by atoms with van der Waals surface area (Å²) < 4.78 is 36.9. The Morgan fingerprint density at radius 1 is 1.07 bits per heavy atom. The molecular formula is C31H41N4O8S-. The van der Waals surface area contributed by atoms with E-state index in [9.17, 15) is 32.7 Å². The van der Waals surface area contributed by atoms with Crippen molar-refractivity contribution in [3.63, 3.8) is 0 Å². The molecule has 0 unspecified atom stereocenters. The van der Waals surface area contributed by atoms with Crippen LogP contribution < -0.4 is 10.6 Å². The van der Waals surface area contributed by atoms with Crippen molar-refractivity contribution in [3.8, 4) is 0 Å². The fourth-order valence-electron chi connectivity index (χ4n) is 6.31. The van der Waals surface area contributed by atoms with E-state index in [0.717, 1.165) is 43.7 Å². The first-order valence-electron chi connectivity index (χ1n) is 15.0. The van der Waals surface area contributed by atoms with E-state index in [2.05, 4.69) is 27.7 Å². The van der Waals surface area contributed by atoms with Crippen LogP contribution in [0.25, 0.3) is 0 Å². The highest BCUT2D eigenvalue weighted by Crippen LogP contribution is 2.39. The Morgan fingerprint density at radius 2 is 1.70 bits per heavy atom. The molecule has 2 amide bonds. The van der Waals surface area contributed by atoms with Crippen LogP contribution in [0.5, 0.6) is 0 Å². The molecule has 0 spiro atoms. The Labute approximate surface area is 258 Å². The van der Waals surface area contributed by atoms with Gasteiger partial charge in [0.25, 0.3) is 5.69 Å². The van der Waals surface area contributed by atoms with Gasteiger partial charge in [0.2, 0.25) is 5.91 Å². The number of non-ortho nitro benzene ring substituents is 1. The van der Waals surface area contributed by atoms with Gasteiger partial charge >= 0.3 is 6.09 Å². The van der Waals surface area contributed by atoms with Crippen molar-refractivity contribution in [2.75, 3.05) is 13.1 Å². The second kappa shape index (κ2) is 14.0. The van der Waals surface area contributed by atoms with Crippen LogP contribution in [0.3, 0.4) is 0 Å². The van der Waals surface area contributed by atoms with Crippen molar-refractivity contribution in [1.29, 1.82) is 0 Å². The third-order valence-electron chi connectivity index (χ3n) is 8.36. The van der Waals surface area contributed by atoms with Gasteiger partial charge in [-0.1, -0.05) is 49.6 Å². The van der Waals surface area contributed by atoms with Crippen LogP contribution in [-0.4, -0.2) is 71.6 Å². The number of nitro groups is 1. The summed E-state index contributed by atoms with van der Waals surface area (Å²) in [5.74, 6) is 1.38. The summed E-state index contributed by atoms with van der Waals surface area (Å²) in [6.07, 6.45) is 6.06. The van der Waals surface area contributed by atoms with Crippen LogP contribution in [0, 0.1) is 22.0 Å². The molecule has 5 atom stereocenters. The van der Waals surface area contributed by atoms with Gasteiger partial charge in [0.05, 0.1) is 21.9 Å². The van der Waals surface area contributed by atoms with Crippen molar-refractivity contribution in [3.05, 3.63) is 70.3 Å². The molecule has 3 aliphatic rings. The first kappa shape index (κ1) is 33.3. The number of ether oxygens (including phenoxy) is 1. The van der Waals surface area contributed by atoms with E-state index in [1.54, 1.807) is 0 Å². The molecule has 0 bridgehead atoms. The third kappa shape index (κ3) is 9.23. The molecule has 0 aromatic heterocycles. The molecule has 44 heavy (non-hydrogen) atoms. The molecule has 13 heteroatoms. The number of rotatable bonds is 7. The number of nitro benzene ring substituents is 1. The Morgan fingerprint density at radius 3 is 2.30 bits per heavy atom. The minimum atomic E-state index is -4.52. The number of piperidine rings is 1. The zero-order valence-corrected chi connectivity index (χ0v) is 26.1. The summed E-state index contributed by atoms with van der Waals surface area (Å²) in [4.78, 5) is 36.6. The minimum Gasteiger partial charge on any atom is -0.744 e. The molecular weight excluding hydrogens is 588 g/mol. The molecule has 12 nitrogen and oxygen atoms in total. The first-order valence-corrected chi connectivity index (χ1v) is 16.4. The minimum absolute atomic E-state index is 0.0784. The van der Waals surface area contributed by atoms with Gasteiger partial charge in [0.1, 0.15) is 16.2 Å². The molecule has 2 saturated heterocycles. The maximum atomic E-state index is 13.2. The number of cyclic esters (lactones) is 1. The van der Waals surface area contributed by atoms with Crippen LogP contribution in [0.1, 0.15) is 58.4 Å². The van der Waals surface area contributed by atoms with Crippen molar-refractivity contribution in [2.24, 2.45) is 11.8 Å². The number of benzene rings is 2. The van der Waals surface area contributed by atoms with E-state index >= 15 is 0 Å². The van der Waals surface area contributed by atoms with E-state index in [1.165, 1.54) is 31.2 Å². The van der Waals surface area contributed by atoms with Crippen LogP contribution in [0.2, 0.25) is 0 Å². The topological polar surface area (TPSA) is 171 Å². The summed E-state index contributed by atoms with van der Waals surface area (Å²) in [5, 5.41) is 16.3. The number of carbonyl (C=O) groups is 2. The van der Waals surface area contributed by atoms with E-state index in [4.69, 9.17) is 4.74 Å². The van der Waals surface area contributed by atoms with Gasteiger partial charge in [-0.05, 0) is 69.6 Å². The molecule has 1 saturated carbocycles. The van der Waals surface area contributed by atoms with Crippen LogP contribution >= 0.6 is 0 Å². The van der Waals surface area contributed by atoms with E-state index in [-0.39, 0.29) is 41.4 Å². The maximum absolute atomic E-state index is 13.2. The number of nitrogens with one attached hydrogen (secondary N) is 2. The largest absolute Gasteiger partial charge is 0.744 e. The van der Waals surface area contributed by atoms with Gasteiger partial charge in [-0.2, -0.15) is 0 Å². The lowest BCUT2D eigenvalue weighted by Gasteiger charge is -2.46. The van der Waals surface area contributed by atoms with Crippen molar-refractivity contribution >= 4 is 27.8 Å². The summed E-state index contributed by atoms with van der Waals surface area (Å²) in [6, 6.07) is 13.7. The molecule has 2 aliphatic heterocycles. The molecule has 2 aromatic rings. The smallest absolute Gasteiger partial charge is 0.407 e. The lowest BCUT2D eigenvalue weighted by molar-refractivity contribution is -0.384. The molecule has 240 valence electrons. The third-order valence-corrected chi connectivity index (χ3v) is 9.21. The van der Waals surface area contributed by atoms with Crippen molar-refractivity contribution < 1.29 is 32.2 Å². The monoisotopic (exact) mass is 629 g/mol. The second-order valence-electron chi connectivity index (χ2n) is 12.8. The fraction of sp³-hybridized carbons (Fsp3) is 0.548. The van der Waals surface area contributed by atoms with E-state index in [1.807, 2.05) is 39.0 Å². The first-order chi connectivity index (χ1) is 20.7. The quantitative estimate of drug-likeness (QED) is 0.261. The number of fused-ring (bicyclic) bond motifs is 1. The fourth-order valence-corrected chi connectivity index (χ4v) is 6.77. The lowest BCUT2D eigenvalue weighted by atomic mass is 9.72. The van der Waals surface area contributed by atoms with Gasteiger partial charge in [-0.15, -0.1) is 0 Å². The van der Waals surface area contributed by atoms with Gasteiger partial charge in [-0.3, -0.25) is 19.8 Å². The van der Waals surface area contributed by atoms with Crippen molar-refractivity contribution in [2.45, 2.75) is 87.9 Å². The number of hydrogen-bond acceptors (Lipinski definition) is 9. The average molecular weight is 630 g/mol. The summed E-state index contributed by atoms with van der Waals surface area (Å²) in [5.41, 5.74) is 0.660. The van der Waals surface area contributed by atoms with E-state index in [0.29, 0.717) is 18.4 Å². The zero-order chi connectivity index (χ0) is 32.1. The van der Waals surface area contributed by atoms with Crippen LogP contribution in [0.15, 0.2) is 59.5 Å².